The quantitative estimate of drug-likeness (QED) is 0.396. The van der Waals surface area contributed by atoms with Gasteiger partial charge in [0.25, 0.3) is 0 Å². The van der Waals surface area contributed by atoms with Gasteiger partial charge in [-0.05, 0) is 0 Å². The molecule has 0 bridgehead atoms. The van der Waals surface area contributed by atoms with Gasteiger partial charge in [0.15, 0.2) is 0 Å². The van der Waals surface area contributed by atoms with E-state index in [-0.39, 0.29) is 20.8 Å². The molecule has 0 fully saturated rings. The van der Waals surface area contributed by atoms with Gasteiger partial charge in [0.05, 0.1) is 0 Å². The van der Waals surface area contributed by atoms with Crippen LogP contribution < -0.4 is 32.2 Å². The number of halogens is 3. The third-order valence-corrected chi connectivity index (χ3v) is 6.98. The third kappa shape index (κ3) is 3.17. The average molecular weight is 415 g/mol. The maximum atomic E-state index is 12.8. The Bertz CT molecular complexity index is 478. The van der Waals surface area contributed by atoms with E-state index >= 15 is 0 Å². The Morgan fingerprint density at radius 3 is 2.56 bits per heavy atom. The van der Waals surface area contributed by atoms with Gasteiger partial charge in [0.1, 0.15) is 0 Å². The van der Waals surface area contributed by atoms with Crippen LogP contribution in [0.5, 0.6) is 0 Å². The summed E-state index contributed by atoms with van der Waals surface area (Å²) in [4.78, 5) is 0. The summed E-state index contributed by atoms with van der Waals surface area (Å²) in [5.74, 6) is -0.190. The van der Waals surface area contributed by atoms with Crippen molar-refractivity contribution in [1.29, 1.82) is 0 Å². The number of aromatic nitrogens is 1. The zero-order chi connectivity index (χ0) is 11.4. The summed E-state index contributed by atoms with van der Waals surface area (Å²) in [5.41, 5.74) is 0. The molecule has 0 unspecified atom stereocenters. The van der Waals surface area contributed by atoms with Crippen LogP contribution in [0.25, 0.3) is 0 Å². The molecule has 0 atom stereocenters. The molecule has 0 aliphatic heterocycles. The van der Waals surface area contributed by atoms with Crippen molar-refractivity contribution in [1.82, 2.24) is 0 Å². The molecule has 2 aromatic rings. The van der Waals surface area contributed by atoms with Crippen molar-refractivity contribution in [2.75, 3.05) is 0 Å². The third-order valence-electron chi connectivity index (χ3n) is 1.88. The van der Waals surface area contributed by atoms with Crippen LogP contribution in [0.2, 0.25) is 0 Å². The number of pyridine rings is 1. The minimum atomic E-state index is -0.487. The fourth-order valence-electron chi connectivity index (χ4n) is 1.16. The first-order chi connectivity index (χ1) is 7.79. The summed E-state index contributed by atoms with van der Waals surface area (Å²) in [6, 6.07) is 12.7. The van der Waals surface area contributed by atoms with Crippen molar-refractivity contribution in [3.8, 4) is 0 Å². The van der Waals surface area contributed by atoms with Crippen LogP contribution in [-0.4, -0.2) is 15.0 Å². The van der Waals surface area contributed by atoms with E-state index in [1.807, 2.05) is 30.5 Å². The minimum absolute atomic E-state index is 0.184. The first-order valence-corrected chi connectivity index (χ1v) is 9.91. The van der Waals surface area contributed by atoms with E-state index in [9.17, 15) is 4.39 Å². The number of hydrogen-bond acceptors (Lipinski definition) is 0. The van der Waals surface area contributed by atoms with Crippen molar-refractivity contribution < 1.29 is 27.5 Å². The molecule has 0 radical (unpaired) electrons. The SMILES string of the molecule is Fc1ccc([Se]c2cccc[n+]2[I-]Cl)cc1. The molecular weight excluding hydrogens is 406 g/mol. The molecule has 0 aliphatic rings. The van der Waals surface area contributed by atoms with Crippen molar-refractivity contribution in [3.63, 3.8) is 0 Å². The van der Waals surface area contributed by atoms with Crippen LogP contribution in [0.15, 0.2) is 48.7 Å². The predicted octanol–water partition coefficient (Wildman–Crippen LogP) is -2.23. The molecule has 0 saturated carbocycles. The molecular formula is C11H8ClFINSe. The number of nitrogens with zero attached hydrogens (tertiary/aromatic N) is 1. The topological polar surface area (TPSA) is 3.88 Å². The molecule has 1 heterocycles. The van der Waals surface area contributed by atoms with Gasteiger partial charge in [-0.3, -0.25) is 0 Å². The van der Waals surface area contributed by atoms with Gasteiger partial charge in [0.2, 0.25) is 0 Å². The first-order valence-electron chi connectivity index (χ1n) is 4.50. The number of rotatable bonds is 3. The molecule has 1 nitrogen and oxygen atoms in total. The first kappa shape index (κ1) is 12.3. The molecule has 1 aromatic carbocycles. The summed E-state index contributed by atoms with van der Waals surface area (Å²) in [7, 11) is 5.95. The van der Waals surface area contributed by atoms with Gasteiger partial charge >= 0.3 is 115 Å². The van der Waals surface area contributed by atoms with Gasteiger partial charge in [-0.25, -0.2) is 0 Å². The van der Waals surface area contributed by atoms with Gasteiger partial charge in [0, 0.05) is 0 Å². The fraction of sp³-hybridized carbons (Fsp3) is 0. The second-order valence-corrected chi connectivity index (χ2v) is 7.53. The molecule has 2 rings (SSSR count). The van der Waals surface area contributed by atoms with Gasteiger partial charge in [-0.1, -0.05) is 0 Å². The summed E-state index contributed by atoms with van der Waals surface area (Å²) in [6.45, 7) is 0. The van der Waals surface area contributed by atoms with Gasteiger partial charge in [-0.2, -0.15) is 0 Å². The van der Waals surface area contributed by atoms with E-state index in [2.05, 4.69) is 8.85 Å². The summed E-state index contributed by atoms with van der Waals surface area (Å²) in [5, 5.41) is 0. The molecule has 0 spiro atoms. The van der Waals surface area contributed by atoms with Crippen molar-refractivity contribution in [3.05, 3.63) is 54.5 Å². The Morgan fingerprint density at radius 1 is 1.12 bits per heavy atom. The zero-order valence-electron chi connectivity index (χ0n) is 8.11. The molecule has 0 aliphatic carbocycles. The second kappa shape index (κ2) is 5.96. The Morgan fingerprint density at radius 2 is 1.88 bits per heavy atom. The van der Waals surface area contributed by atoms with Crippen LogP contribution in [0, 0.1) is 5.82 Å². The molecule has 0 amide bonds. The molecule has 84 valence electrons. The summed E-state index contributed by atoms with van der Waals surface area (Å²) in [6.07, 6.45) is 2.00. The van der Waals surface area contributed by atoms with E-state index < -0.39 is 20.4 Å². The summed E-state index contributed by atoms with van der Waals surface area (Å²) >= 11 is -0.303. The van der Waals surface area contributed by atoms with Crippen LogP contribution in [-0.2, 0) is 0 Å². The maximum absolute atomic E-state index is 12.8. The van der Waals surface area contributed by atoms with E-state index in [4.69, 9.17) is 8.91 Å². The fourth-order valence-corrected chi connectivity index (χ4v) is 5.83. The Balaban J connectivity index is 2.23. The van der Waals surface area contributed by atoms with Gasteiger partial charge < -0.3 is 0 Å². The Hall–Kier alpha value is -0.161. The monoisotopic (exact) mass is 415 g/mol. The van der Waals surface area contributed by atoms with Crippen LogP contribution in [0.3, 0.4) is 0 Å². The van der Waals surface area contributed by atoms with Crippen LogP contribution in [0.4, 0.5) is 4.39 Å². The van der Waals surface area contributed by atoms with Gasteiger partial charge in [-0.15, -0.1) is 0 Å². The molecule has 1 aromatic heterocycles. The van der Waals surface area contributed by atoms with Crippen LogP contribution in [0.1, 0.15) is 0 Å². The van der Waals surface area contributed by atoms with Crippen molar-refractivity contribution in [2.45, 2.75) is 0 Å². The van der Waals surface area contributed by atoms with E-state index in [0.29, 0.717) is 0 Å². The molecule has 0 N–H and O–H groups in total. The van der Waals surface area contributed by atoms with E-state index in [1.54, 1.807) is 0 Å². The zero-order valence-corrected chi connectivity index (χ0v) is 12.7. The van der Waals surface area contributed by atoms with Crippen LogP contribution >= 0.6 is 8.91 Å². The van der Waals surface area contributed by atoms with E-state index in [1.165, 1.54) is 16.7 Å². The Labute approximate surface area is 114 Å². The van der Waals surface area contributed by atoms with Crippen molar-refractivity contribution in [2.24, 2.45) is 0 Å². The van der Waals surface area contributed by atoms with Crippen molar-refractivity contribution >= 4 is 32.9 Å². The number of benzene rings is 1. The Kier molecular flexibility index (Phi) is 4.58. The number of hydrogen-bond donors (Lipinski definition) is 0. The normalized spacial score (nSPS) is 10.6. The van der Waals surface area contributed by atoms with E-state index in [0.717, 1.165) is 4.46 Å². The second-order valence-electron chi connectivity index (χ2n) is 2.97. The predicted molar refractivity (Wildman–Crippen MR) is 59.3 cm³/mol. The standard InChI is InChI=1S/C11H8ClFINSe/c12-14-15-8-2-1-3-11(15)16-10-6-4-9(13)5-7-10/h1-8H. The molecule has 5 heteroatoms. The average Bonchev–Trinajstić information content (AvgIpc) is 2.33. The molecule has 16 heavy (non-hydrogen) atoms. The molecule has 0 saturated heterocycles. The summed E-state index contributed by atoms with van der Waals surface area (Å²) < 4.78 is 17.2.